The largest absolute Gasteiger partial charge is 0.337 e. The molecule has 3 aromatic rings. The van der Waals surface area contributed by atoms with Gasteiger partial charge in [0.1, 0.15) is 5.69 Å². The third-order valence-corrected chi connectivity index (χ3v) is 4.29. The van der Waals surface area contributed by atoms with Crippen LogP contribution in [0.2, 0.25) is 5.02 Å². The van der Waals surface area contributed by atoms with Gasteiger partial charge in [-0.05, 0) is 55.8 Å². The molecule has 1 heterocycles. The summed E-state index contributed by atoms with van der Waals surface area (Å²) >= 11 is 6.10. The summed E-state index contributed by atoms with van der Waals surface area (Å²) in [7, 11) is 0. The van der Waals surface area contributed by atoms with Gasteiger partial charge in [0.2, 0.25) is 0 Å². The molecule has 0 spiro atoms. The molecular weight excluding hydrogens is 322 g/mol. The number of halogens is 1. The van der Waals surface area contributed by atoms with E-state index in [1.165, 1.54) is 0 Å². The summed E-state index contributed by atoms with van der Waals surface area (Å²) in [5, 5.41) is 13.5. The number of carbonyl (C=O) groups excluding carboxylic acids is 1. The van der Waals surface area contributed by atoms with Gasteiger partial charge in [0.25, 0.3) is 5.91 Å². The first-order chi connectivity index (χ1) is 11.5. The fourth-order valence-corrected chi connectivity index (χ4v) is 3.14. The minimum absolute atomic E-state index is 0.197. The zero-order valence-corrected chi connectivity index (χ0v) is 14.2. The van der Waals surface area contributed by atoms with Crippen molar-refractivity contribution in [3.63, 3.8) is 0 Å². The van der Waals surface area contributed by atoms with E-state index in [0.29, 0.717) is 28.5 Å². The van der Waals surface area contributed by atoms with Crippen LogP contribution in [0, 0.1) is 18.3 Å². The molecular formula is C19H16ClN3O. The Labute approximate surface area is 145 Å². The molecule has 5 heteroatoms. The zero-order chi connectivity index (χ0) is 17.3. The quantitative estimate of drug-likeness (QED) is 0.750. The predicted molar refractivity (Wildman–Crippen MR) is 96.5 cm³/mol. The maximum Gasteiger partial charge on any atom is 0.272 e. The molecule has 4 nitrogen and oxygen atoms in total. The van der Waals surface area contributed by atoms with Crippen LogP contribution >= 0.6 is 11.6 Å². The van der Waals surface area contributed by atoms with Crippen LogP contribution < -0.4 is 5.32 Å². The van der Waals surface area contributed by atoms with Gasteiger partial charge in [0, 0.05) is 28.2 Å². The summed E-state index contributed by atoms with van der Waals surface area (Å²) < 4.78 is 1.98. The van der Waals surface area contributed by atoms with Crippen LogP contribution in [0.4, 0.5) is 5.69 Å². The van der Waals surface area contributed by atoms with E-state index < -0.39 is 0 Å². The van der Waals surface area contributed by atoms with E-state index in [1.807, 2.05) is 36.6 Å². The Morgan fingerprint density at radius 3 is 2.79 bits per heavy atom. The van der Waals surface area contributed by atoms with E-state index in [4.69, 9.17) is 16.9 Å². The van der Waals surface area contributed by atoms with Gasteiger partial charge < -0.3 is 9.88 Å². The second-order valence-electron chi connectivity index (χ2n) is 5.53. The monoisotopic (exact) mass is 337 g/mol. The Kier molecular flexibility index (Phi) is 4.28. The fourth-order valence-electron chi connectivity index (χ4n) is 2.97. The number of nitrogens with zero attached hydrogens (tertiary/aromatic N) is 2. The van der Waals surface area contributed by atoms with Crippen LogP contribution in [0.3, 0.4) is 0 Å². The second-order valence-corrected chi connectivity index (χ2v) is 5.96. The summed E-state index contributed by atoms with van der Waals surface area (Å²) in [6, 6.07) is 14.6. The highest BCUT2D eigenvalue weighted by Gasteiger charge is 2.20. The van der Waals surface area contributed by atoms with E-state index in [-0.39, 0.29) is 5.91 Å². The average Bonchev–Trinajstić information content (AvgIpc) is 2.86. The van der Waals surface area contributed by atoms with Crippen LogP contribution in [0.5, 0.6) is 0 Å². The first kappa shape index (κ1) is 16.1. The number of anilines is 1. The number of rotatable bonds is 3. The van der Waals surface area contributed by atoms with Gasteiger partial charge in [-0.3, -0.25) is 4.79 Å². The second kappa shape index (κ2) is 6.38. The highest BCUT2D eigenvalue weighted by molar-refractivity contribution is 6.31. The normalized spacial score (nSPS) is 10.6. The molecule has 1 amide bonds. The molecule has 0 aliphatic carbocycles. The molecule has 1 N–H and O–H groups in total. The number of amides is 1. The minimum atomic E-state index is -0.197. The lowest BCUT2D eigenvalue weighted by Crippen LogP contribution is -2.17. The van der Waals surface area contributed by atoms with Crippen LogP contribution in [-0.4, -0.2) is 10.5 Å². The molecule has 0 fully saturated rings. The Hall–Kier alpha value is -2.77. The van der Waals surface area contributed by atoms with Crippen molar-refractivity contribution in [1.29, 1.82) is 5.26 Å². The molecule has 0 radical (unpaired) electrons. The van der Waals surface area contributed by atoms with Gasteiger partial charge >= 0.3 is 0 Å². The summed E-state index contributed by atoms with van der Waals surface area (Å²) in [5.74, 6) is -0.197. The van der Waals surface area contributed by atoms with Crippen molar-refractivity contribution in [3.05, 3.63) is 64.3 Å². The van der Waals surface area contributed by atoms with Gasteiger partial charge in [0.15, 0.2) is 0 Å². The number of fused-ring (bicyclic) bond motifs is 1. The van der Waals surface area contributed by atoms with Crippen molar-refractivity contribution in [1.82, 2.24) is 4.57 Å². The molecule has 24 heavy (non-hydrogen) atoms. The number of carbonyl (C=O) groups is 1. The lowest BCUT2D eigenvalue weighted by atomic mass is 10.1. The zero-order valence-electron chi connectivity index (χ0n) is 13.4. The number of aromatic nitrogens is 1. The molecule has 3 rings (SSSR count). The highest BCUT2D eigenvalue weighted by Crippen LogP contribution is 2.29. The Bertz CT molecular complexity index is 982. The Balaban J connectivity index is 2.06. The predicted octanol–water partition coefficient (Wildman–Crippen LogP) is 4.75. The molecule has 0 atom stereocenters. The lowest BCUT2D eigenvalue weighted by Gasteiger charge is -2.10. The average molecular weight is 338 g/mol. The standard InChI is InChI=1S/C19H16ClN3O/c1-3-23-17-8-7-14(20)10-16(17)12(2)18(23)19(24)22-15-6-4-5-13(9-15)11-21/h4-10H,3H2,1-2H3,(H,22,24). The van der Waals surface area contributed by atoms with Crippen molar-refractivity contribution < 1.29 is 4.79 Å². The van der Waals surface area contributed by atoms with Gasteiger partial charge in [0.05, 0.1) is 11.6 Å². The Morgan fingerprint density at radius 2 is 2.08 bits per heavy atom. The van der Waals surface area contributed by atoms with Crippen molar-refractivity contribution in [2.24, 2.45) is 0 Å². The molecule has 120 valence electrons. The number of nitrogens with one attached hydrogen (secondary N) is 1. The van der Waals surface area contributed by atoms with Crippen LogP contribution in [0.25, 0.3) is 10.9 Å². The number of nitriles is 1. The van der Waals surface area contributed by atoms with Crippen molar-refractivity contribution in [2.75, 3.05) is 5.32 Å². The van der Waals surface area contributed by atoms with Crippen LogP contribution in [-0.2, 0) is 6.54 Å². The summed E-state index contributed by atoms with van der Waals surface area (Å²) in [6.45, 7) is 4.60. The molecule has 1 aromatic heterocycles. The van der Waals surface area contributed by atoms with Crippen molar-refractivity contribution >= 4 is 34.1 Å². The van der Waals surface area contributed by atoms with E-state index in [2.05, 4.69) is 11.4 Å². The van der Waals surface area contributed by atoms with Crippen molar-refractivity contribution in [3.8, 4) is 6.07 Å². The van der Waals surface area contributed by atoms with Gasteiger partial charge in [-0.15, -0.1) is 0 Å². The summed E-state index contributed by atoms with van der Waals surface area (Å²) in [4.78, 5) is 12.8. The van der Waals surface area contributed by atoms with Crippen LogP contribution in [0.15, 0.2) is 42.5 Å². The first-order valence-electron chi connectivity index (χ1n) is 7.65. The molecule has 0 saturated heterocycles. The molecule has 0 unspecified atom stereocenters. The maximum atomic E-state index is 12.8. The third kappa shape index (κ3) is 2.75. The number of hydrogen-bond donors (Lipinski definition) is 1. The van der Waals surface area contributed by atoms with E-state index in [0.717, 1.165) is 16.5 Å². The van der Waals surface area contributed by atoms with E-state index in [1.54, 1.807) is 24.3 Å². The fraction of sp³-hybridized carbons (Fsp3) is 0.158. The highest BCUT2D eigenvalue weighted by atomic mass is 35.5. The smallest absolute Gasteiger partial charge is 0.272 e. The van der Waals surface area contributed by atoms with E-state index in [9.17, 15) is 4.79 Å². The topological polar surface area (TPSA) is 57.8 Å². The number of aryl methyl sites for hydroxylation is 2. The van der Waals surface area contributed by atoms with Gasteiger partial charge in [-0.2, -0.15) is 5.26 Å². The molecule has 2 aromatic carbocycles. The summed E-state index contributed by atoms with van der Waals surface area (Å²) in [5.41, 5.74) is 3.59. The lowest BCUT2D eigenvalue weighted by molar-refractivity contribution is 0.101. The SMILES string of the molecule is CCn1c(C(=O)Nc2cccc(C#N)c2)c(C)c2cc(Cl)ccc21. The summed E-state index contributed by atoms with van der Waals surface area (Å²) in [6.07, 6.45) is 0. The minimum Gasteiger partial charge on any atom is -0.337 e. The molecule has 0 aliphatic heterocycles. The molecule has 0 saturated carbocycles. The van der Waals surface area contributed by atoms with Crippen LogP contribution in [0.1, 0.15) is 28.5 Å². The molecule has 0 bridgehead atoms. The third-order valence-electron chi connectivity index (χ3n) is 4.06. The Morgan fingerprint density at radius 1 is 1.29 bits per heavy atom. The van der Waals surface area contributed by atoms with Gasteiger partial charge in [-0.1, -0.05) is 17.7 Å². The van der Waals surface area contributed by atoms with E-state index >= 15 is 0 Å². The number of benzene rings is 2. The molecule has 0 aliphatic rings. The number of hydrogen-bond acceptors (Lipinski definition) is 2. The van der Waals surface area contributed by atoms with Crippen molar-refractivity contribution in [2.45, 2.75) is 20.4 Å². The first-order valence-corrected chi connectivity index (χ1v) is 8.02. The maximum absolute atomic E-state index is 12.8. The van der Waals surface area contributed by atoms with Gasteiger partial charge in [-0.25, -0.2) is 0 Å².